The molecule has 0 amide bonds. The average Bonchev–Trinajstić information content (AvgIpc) is 2.27. The molecule has 0 bridgehead atoms. The lowest BCUT2D eigenvalue weighted by Crippen LogP contribution is -2.31. The van der Waals surface area contributed by atoms with Crippen LogP contribution in [0.25, 0.3) is 0 Å². The highest BCUT2D eigenvalue weighted by Gasteiger charge is 2.29. The van der Waals surface area contributed by atoms with Crippen molar-refractivity contribution in [2.75, 3.05) is 6.61 Å². The minimum atomic E-state index is -2.00. The van der Waals surface area contributed by atoms with Crippen LogP contribution in [0.1, 0.15) is 18.5 Å². The van der Waals surface area contributed by atoms with E-state index in [1.165, 1.54) is 12.1 Å². The molecule has 1 rings (SSSR count). The predicted octanol–water partition coefficient (Wildman–Crippen LogP) is 2.48. The molecule has 3 N–H and O–H groups in total. The Bertz CT molecular complexity index is 419. The maximum Gasteiger partial charge on any atom is 0.342 e. The molecule has 0 aromatic heterocycles. The number of phenolic OH excluding ortho intramolecular Hbond substituents is 1. The van der Waals surface area contributed by atoms with Crippen molar-refractivity contribution in [2.45, 2.75) is 19.1 Å². The van der Waals surface area contributed by atoms with Crippen LogP contribution in [-0.4, -0.2) is 23.9 Å². The Labute approximate surface area is 119 Å². The number of phenols is 1. The summed E-state index contributed by atoms with van der Waals surface area (Å²) in [5, 5.41) is 9.59. The van der Waals surface area contributed by atoms with Gasteiger partial charge in [0, 0.05) is 10.0 Å². The van der Waals surface area contributed by atoms with Crippen LogP contribution < -0.4 is 5.73 Å². The fourth-order valence-corrected chi connectivity index (χ4v) is 1.67. The zero-order chi connectivity index (χ0) is 13.0. The fraction of sp³-hybridized carbons (Fsp3) is 0.364. The van der Waals surface area contributed by atoms with Crippen LogP contribution in [0, 0.1) is 0 Å². The SMILES string of the molecule is CCOC(=O)C(F)[C@@H](N)c1ccc(Br)cc1O.Cl. The maximum atomic E-state index is 13.6. The molecule has 1 aromatic rings. The van der Waals surface area contributed by atoms with Crippen LogP contribution in [0.15, 0.2) is 22.7 Å². The van der Waals surface area contributed by atoms with Gasteiger partial charge in [0.15, 0.2) is 0 Å². The van der Waals surface area contributed by atoms with E-state index in [2.05, 4.69) is 20.7 Å². The van der Waals surface area contributed by atoms with Crippen LogP contribution in [0.2, 0.25) is 0 Å². The molecule has 0 spiro atoms. The summed E-state index contributed by atoms with van der Waals surface area (Å²) in [5.41, 5.74) is 5.73. The summed E-state index contributed by atoms with van der Waals surface area (Å²) in [7, 11) is 0. The predicted molar refractivity (Wildman–Crippen MR) is 71.5 cm³/mol. The highest BCUT2D eigenvalue weighted by Crippen LogP contribution is 2.29. The minimum Gasteiger partial charge on any atom is -0.508 e. The Morgan fingerprint density at radius 2 is 2.22 bits per heavy atom. The third kappa shape index (κ3) is 4.12. The quantitative estimate of drug-likeness (QED) is 0.825. The van der Waals surface area contributed by atoms with Crippen molar-refractivity contribution in [3.63, 3.8) is 0 Å². The summed E-state index contributed by atoms with van der Waals surface area (Å²) in [4.78, 5) is 11.2. The van der Waals surface area contributed by atoms with Crippen LogP contribution in [-0.2, 0) is 9.53 Å². The van der Waals surface area contributed by atoms with E-state index in [1.807, 2.05) is 0 Å². The molecule has 2 atom stereocenters. The van der Waals surface area contributed by atoms with E-state index < -0.39 is 18.2 Å². The van der Waals surface area contributed by atoms with Crippen LogP contribution in [0.3, 0.4) is 0 Å². The average molecular weight is 343 g/mol. The second kappa shape index (κ2) is 7.56. The maximum absolute atomic E-state index is 13.6. The van der Waals surface area contributed by atoms with Gasteiger partial charge in [-0.2, -0.15) is 0 Å². The van der Waals surface area contributed by atoms with Crippen molar-refractivity contribution in [1.29, 1.82) is 0 Å². The summed E-state index contributed by atoms with van der Waals surface area (Å²) >= 11 is 3.15. The molecule has 7 heteroatoms. The summed E-state index contributed by atoms with van der Waals surface area (Å²) in [6.07, 6.45) is -2.00. The highest BCUT2D eigenvalue weighted by molar-refractivity contribution is 9.10. The molecule has 0 heterocycles. The standard InChI is InChI=1S/C11H13BrFNO3.ClH/c1-2-17-11(16)9(13)10(14)7-4-3-6(12)5-8(7)15;/h3-5,9-10,15H,2,14H2,1H3;1H/t9?,10-;/m0./s1. The van der Waals surface area contributed by atoms with Crippen LogP contribution in [0.5, 0.6) is 5.75 Å². The molecular formula is C11H14BrClFNO3. The van der Waals surface area contributed by atoms with Crippen molar-refractivity contribution < 1.29 is 19.0 Å². The number of nitrogens with two attached hydrogens (primary N) is 1. The van der Waals surface area contributed by atoms with Gasteiger partial charge in [0.1, 0.15) is 5.75 Å². The number of benzene rings is 1. The lowest BCUT2D eigenvalue weighted by Gasteiger charge is -2.17. The van der Waals surface area contributed by atoms with E-state index in [-0.39, 0.29) is 30.3 Å². The molecule has 0 aliphatic carbocycles. The van der Waals surface area contributed by atoms with Crippen molar-refractivity contribution in [2.24, 2.45) is 5.73 Å². The van der Waals surface area contributed by atoms with Gasteiger partial charge in [-0.3, -0.25) is 0 Å². The zero-order valence-electron chi connectivity index (χ0n) is 9.60. The minimum absolute atomic E-state index is 0. The molecule has 0 radical (unpaired) electrons. The number of hydrogen-bond donors (Lipinski definition) is 2. The number of carbonyl (C=O) groups is 1. The fourth-order valence-electron chi connectivity index (χ4n) is 1.32. The molecule has 0 aliphatic rings. The summed E-state index contributed by atoms with van der Waals surface area (Å²) in [6.45, 7) is 1.66. The van der Waals surface area contributed by atoms with E-state index >= 15 is 0 Å². The van der Waals surface area contributed by atoms with Gasteiger partial charge >= 0.3 is 5.97 Å². The Hall–Kier alpha value is -0.850. The van der Waals surface area contributed by atoms with Gasteiger partial charge in [0.2, 0.25) is 6.17 Å². The number of aromatic hydroxyl groups is 1. The first kappa shape index (κ1) is 17.2. The molecule has 102 valence electrons. The number of esters is 1. The number of rotatable bonds is 4. The molecule has 4 nitrogen and oxygen atoms in total. The van der Waals surface area contributed by atoms with Gasteiger partial charge in [0.05, 0.1) is 12.6 Å². The topological polar surface area (TPSA) is 72.5 Å². The molecular weight excluding hydrogens is 328 g/mol. The largest absolute Gasteiger partial charge is 0.508 e. The van der Waals surface area contributed by atoms with Crippen molar-refractivity contribution in [3.8, 4) is 5.75 Å². The highest BCUT2D eigenvalue weighted by atomic mass is 79.9. The lowest BCUT2D eigenvalue weighted by molar-refractivity contribution is -0.149. The monoisotopic (exact) mass is 341 g/mol. The summed E-state index contributed by atoms with van der Waals surface area (Å²) in [6, 6.07) is 3.19. The van der Waals surface area contributed by atoms with E-state index in [9.17, 15) is 14.3 Å². The molecule has 0 fully saturated rings. The number of halogens is 3. The third-order valence-electron chi connectivity index (χ3n) is 2.18. The summed E-state index contributed by atoms with van der Waals surface area (Å²) < 4.78 is 18.8. The first-order valence-electron chi connectivity index (χ1n) is 5.02. The smallest absolute Gasteiger partial charge is 0.342 e. The van der Waals surface area contributed by atoms with Gasteiger partial charge in [0.25, 0.3) is 0 Å². The Morgan fingerprint density at radius 3 is 2.72 bits per heavy atom. The summed E-state index contributed by atoms with van der Waals surface area (Å²) in [5.74, 6) is -1.19. The first-order valence-corrected chi connectivity index (χ1v) is 5.81. The zero-order valence-corrected chi connectivity index (χ0v) is 12.0. The van der Waals surface area contributed by atoms with E-state index in [4.69, 9.17) is 5.73 Å². The normalized spacial score (nSPS) is 13.3. The molecule has 1 aromatic carbocycles. The van der Waals surface area contributed by atoms with Gasteiger partial charge in [-0.25, -0.2) is 9.18 Å². The molecule has 1 unspecified atom stereocenters. The number of alkyl halides is 1. The van der Waals surface area contributed by atoms with Gasteiger partial charge < -0.3 is 15.6 Å². The second-order valence-electron chi connectivity index (χ2n) is 3.38. The van der Waals surface area contributed by atoms with Gasteiger partial charge in [-0.1, -0.05) is 22.0 Å². The number of ether oxygens (including phenoxy) is 1. The third-order valence-corrected chi connectivity index (χ3v) is 2.67. The number of hydrogen-bond acceptors (Lipinski definition) is 4. The Kier molecular flexibility index (Phi) is 7.20. The second-order valence-corrected chi connectivity index (χ2v) is 4.30. The van der Waals surface area contributed by atoms with E-state index in [0.717, 1.165) is 0 Å². The van der Waals surface area contributed by atoms with Crippen LogP contribution >= 0.6 is 28.3 Å². The molecule has 0 aliphatic heterocycles. The first-order chi connectivity index (χ1) is 7.97. The Balaban J connectivity index is 0.00000289. The molecule has 0 saturated heterocycles. The van der Waals surface area contributed by atoms with Crippen LogP contribution in [0.4, 0.5) is 4.39 Å². The molecule has 0 saturated carbocycles. The van der Waals surface area contributed by atoms with Crippen molar-refractivity contribution in [1.82, 2.24) is 0 Å². The number of carbonyl (C=O) groups excluding carboxylic acids is 1. The van der Waals surface area contributed by atoms with Gasteiger partial charge in [-0.15, -0.1) is 12.4 Å². The van der Waals surface area contributed by atoms with E-state index in [1.54, 1.807) is 13.0 Å². The van der Waals surface area contributed by atoms with Crippen molar-refractivity contribution in [3.05, 3.63) is 28.2 Å². The Morgan fingerprint density at radius 1 is 1.61 bits per heavy atom. The molecule has 18 heavy (non-hydrogen) atoms. The van der Waals surface area contributed by atoms with E-state index in [0.29, 0.717) is 4.47 Å². The lowest BCUT2D eigenvalue weighted by atomic mass is 10.0. The van der Waals surface area contributed by atoms with Crippen molar-refractivity contribution >= 4 is 34.3 Å². The van der Waals surface area contributed by atoms with Gasteiger partial charge in [-0.05, 0) is 19.1 Å².